The molecule has 1 heterocycles. The minimum absolute atomic E-state index is 0.491. The molecule has 0 aliphatic heterocycles. The molecule has 0 spiro atoms. The summed E-state index contributed by atoms with van der Waals surface area (Å²) in [4.78, 5) is 7.71. The SMILES string of the molecule is Nc1ccc(-c2nc3cc(Cl)c(Cl)cc3[nH]2)cc1Br. The van der Waals surface area contributed by atoms with Gasteiger partial charge in [0.1, 0.15) is 5.82 Å². The number of hydrogen-bond donors (Lipinski definition) is 2. The van der Waals surface area contributed by atoms with Crippen LogP contribution >= 0.6 is 39.1 Å². The molecule has 0 bridgehead atoms. The molecule has 0 aliphatic rings. The number of halogens is 3. The number of nitrogens with two attached hydrogens (primary N) is 1. The lowest BCUT2D eigenvalue weighted by Crippen LogP contribution is -1.87. The number of hydrogen-bond acceptors (Lipinski definition) is 2. The van der Waals surface area contributed by atoms with Crippen LogP contribution in [-0.2, 0) is 0 Å². The fourth-order valence-corrected chi connectivity index (χ4v) is 2.52. The van der Waals surface area contributed by atoms with Gasteiger partial charge in [-0.05, 0) is 46.3 Å². The van der Waals surface area contributed by atoms with E-state index in [1.807, 2.05) is 18.2 Å². The number of nitrogens with zero attached hydrogens (tertiary/aromatic N) is 1. The molecular weight excluding hydrogens is 349 g/mol. The van der Waals surface area contributed by atoms with Gasteiger partial charge in [0.25, 0.3) is 0 Å². The van der Waals surface area contributed by atoms with Gasteiger partial charge in [-0.2, -0.15) is 0 Å². The highest BCUT2D eigenvalue weighted by atomic mass is 79.9. The summed E-state index contributed by atoms with van der Waals surface area (Å²) in [6.45, 7) is 0. The average Bonchev–Trinajstić information content (AvgIpc) is 2.76. The van der Waals surface area contributed by atoms with Gasteiger partial charge < -0.3 is 10.7 Å². The molecule has 96 valence electrons. The van der Waals surface area contributed by atoms with Crippen LogP contribution in [0.4, 0.5) is 5.69 Å². The Balaban J connectivity index is 2.17. The molecule has 3 N–H and O–H groups in total. The van der Waals surface area contributed by atoms with Crippen LogP contribution in [0.2, 0.25) is 10.0 Å². The Morgan fingerprint density at radius 2 is 1.84 bits per heavy atom. The molecule has 2 aromatic carbocycles. The van der Waals surface area contributed by atoms with Crippen LogP contribution < -0.4 is 5.73 Å². The molecule has 0 atom stereocenters. The number of fused-ring (bicyclic) bond motifs is 1. The summed E-state index contributed by atoms with van der Waals surface area (Å²) in [6.07, 6.45) is 0. The molecule has 3 aromatic rings. The number of aromatic amines is 1. The Morgan fingerprint density at radius 1 is 1.11 bits per heavy atom. The van der Waals surface area contributed by atoms with Crippen LogP contribution in [0.25, 0.3) is 22.4 Å². The van der Waals surface area contributed by atoms with Gasteiger partial charge in [-0.25, -0.2) is 4.98 Å². The van der Waals surface area contributed by atoms with Crippen LogP contribution in [-0.4, -0.2) is 9.97 Å². The Morgan fingerprint density at radius 3 is 2.58 bits per heavy atom. The van der Waals surface area contributed by atoms with E-state index in [0.717, 1.165) is 26.9 Å². The number of benzene rings is 2. The molecule has 0 saturated heterocycles. The second kappa shape index (κ2) is 4.71. The molecule has 3 rings (SSSR count). The summed E-state index contributed by atoms with van der Waals surface area (Å²) in [5.74, 6) is 0.744. The number of anilines is 1. The fraction of sp³-hybridized carbons (Fsp3) is 0. The zero-order valence-corrected chi connectivity index (χ0v) is 12.6. The molecular formula is C13H8BrCl2N3. The minimum atomic E-state index is 0.491. The molecule has 1 aromatic heterocycles. The third-order valence-corrected chi connectivity index (χ3v) is 4.21. The summed E-state index contributed by atoms with van der Waals surface area (Å²) < 4.78 is 0.835. The maximum atomic E-state index is 5.99. The summed E-state index contributed by atoms with van der Waals surface area (Å²) in [6, 6.07) is 9.15. The van der Waals surface area contributed by atoms with Gasteiger partial charge in [0.2, 0.25) is 0 Å². The van der Waals surface area contributed by atoms with Gasteiger partial charge in [0, 0.05) is 15.7 Å². The van der Waals surface area contributed by atoms with Gasteiger partial charge in [-0.15, -0.1) is 0 Å². The summed E-state index contributed by atoms with van der Waals surface area (Å²) >= 11 is 15.4. The first-order chi connectivity index (χ1) is 9.04. The van der Waals surface area contributed by atoms with E-state index in [-0.39, 0.29) is 0 Å². The Kier molecular flexibility index (Phi) is 3.17. The van der Waals surface area contributed by atoms with E-state index in [9.17, 15) is 0 Å². The topological polar surface area (TPSA) is 54.7 Å². The van der Waals surface area contributed by atoms with E-state index in [1.165, 1.54) is 0 Å². The standard InChI is InChI=1S/C13H8BrCl2N3/c14-7-3-6(1-2-10(7)17)13-18-11-4-8(15)9(16)5-12(11)19-13/h1-5H,17H2,(H,18,19). The van der Waals surface area contributed by atoms with Crippen molar-refractivity contribution in [3.05, 3.63) is 44.8 Å². The maximum absolute atomic E-state index is 5.99. The van der Waals surface area contributed by atoms with E-state index in [4.69, 9.17) is 28.9 Å². The van der Waals surface area contributed by atoms with Gasteiger partial charge >= 0.3 is 0 Å². The molecule has 0 aliphatic carbocycles. The number of imidazole rings is 1. The Hall–Kier alpha value is -1.23. The third-order valence-electron chi connectivity index (χ3n) is 2.80. The lowest BCUT2D eigenvalue weighted by Gasteiger charge is -2.00. The van der Waals surface area contributed by atoms with Gasteiger partial charge in [-0.1, -0.05) is 23.2 Å². The second-order valence-corrected chi connectivity index (χ2v) is 5.77. The highest BCUT2D eigenvalue weighted by Gasteiger charge is 2.09. The number of rotatable bonds is 1. The molecule has 6 heteroatoms. The van der Waals surface area contributed by atoms with E-state index in [1.54, 1.807) is 12.1 Å². The predicted octanol–water partition coefficient (Wildman–Crippen LogP) is 4.88. The summed E-state index contributed by atoms with van der Waals surface area (Å²) in [7, 11) is 0. The zero-order valence-electron chi connectivity index (χ0n) is 9.55. The number of aromatic nitrogens is 2. The Labute approximate surface area is 127 Å². The van der Waals surface area contributed by atoms with Crippen LogP contribution in [0.1, 0.15) is 0 Å². The van der Waals surface area contributed by atoms with Crippen molar-refractivity contribution < 1.29 is 0 Å². The van der Waals surface area contributed by atoms with Crippen molar-refractivity contribution in [2.24, 2.45) is 0 Å². The molecule has 0 fully saturated rings. The van der Waals surface area contributed by atoms with Crippen LogP contribution in [0.15, 0.2) is 34.8 Å². The zero-order chi connectivity index (χ0) is 13.6. The molecule has 0 amide bonds. The second-order valence-electron chi connectivity index (χ2n) is 4.11. The number of nitrogen functional groups attached to an aromatic ring is 1. The quantitative estimate of drug-likeness (QED) is 0.610. The smallest absolute Gasteiger partial charge is 0.138 e. The molecule has 19 heavy (non-hydrogen) atoms. The first kappa shape index (κ1) is 12.8. The van der Waals surface area contributed by atoms with Gasteiger partial charge in [-0.3, -0.25) is 0 Å². The maximum Gasteiger partial charge on any atom is 0.138 e. The van der Waals surface area contributed by atoms with E-state index < -0.39 is 0 Å². The highest BCUT2D eigenvalue weighted by molar-refractivity contribution is 9.10. The van der Waals surface area contributed by atoms with Crippen molar-refractivity contribution in [2.75, 3.05) is 5.73 Å². The van der Waals surface area contributed by atoms with Crippen molar-refractivity contribution in [3.8, 4) is 11.4 Å². The molecule has 0 saturated carbocycles. The lowest BCUT2D eigenvalue weighted by atomic mass is 10.2. The first-order valence-electron chi connectivity index (χ1n) is 5.45. The normalized spacial score (nSPS) is 11.1. The van der Waals surface area contributed by atoms with Crippen LogP contribution in [0.3, 0.4) is 0 Å². The van der Waals surface area contributed by atoms with Crippen molar-refractivity contribution in [2.45, 2.75) is 0 Å². The first-order valence-corrected chi connectivity index (χ1v) is 6.99. The number of nitrogens with one attached hydrogen (secondary N) is 1. The van der Waals surface area contributed by atoms with Crippen molar-refractivity contribution >= 4 is 55.9 Å². The van der Waals surface area contributed by atoms with E-state index in [2.05, 4.69) is 25.9 Å². The summed E-state index contributed by atoms with van der Waals surface area (Å²) in [5, 5.41) is 0.994. The van der Waals surface area contributed by atoms with Crippen LogP contribution in [0, 0.1) is 0 Å². The average molecular weight is 357 g/mol. The molecule has 0 radical (unpaired) electrons. The number of H-pyrrole nitrogens is 1. The third kappa shape index (κ3) is 2.31. The fourth-order valence-electron chi connectivity index (χ4n) is 1.82. The summed E-state index contributed by atoms with van der Waals surface area (Å²) in [5.41, 5.74) is 9.01. The monoisotopic (exact) mass is 355 g/mol. The Bertz CT molecular complexity index is 744. The van der Waals surface area contributed by atoms with Crippen LogP contribution in [0.5, 0.6) is 0 Å². The van der Waals surface area contributed by atoms with Crippen molar-refractivity contribution in [3.63, 3.8) is 0 Å². The lowest BCUT2D eigenvalue weighted by molar-refractivity contribution is 1.33. The molecule has 3 nitrogen and oxygen atoms in total. The van der Waals surface area contributed by atoms with Crippen molar-refractivity contribution in [1.82, 2.24) is 9.97 Å². The molecule has 0 unspecified atom stereocenters. The highest BCUT2D eigenvalue weighted by Crippen LogP contribution is 2.30. The van der Waals surface area contributed by atoms with E-state index >= 15 is 0 Å². The van der Waals surface area contributed by atoms with Crippen molar-refractivity contribution in [1.29, 1.82) is 0 Å². The van der Waals surface area contributed by atoms with Gasteiger partial charge in [0.15, 0.2) is 0 Å². The predicted molar refractivity (Wildman–Crippen MR) is 83.7 cm³/mol. The largest absolute Gasteiger partial charge is 0.398 e. The van der Waals surface area contributed by atoms with E-state index in [0.29, 0.717) is 15.7 Å². The minimum Gasteiger partial charge on any atom is -0.398 e. The van der Waals surface area contributed by atoms with Gasteiger partial charge in [0.05, 0.1) is 21.1 Å².